The topological polar surface area (TPSA) is 62.5 Å². The van der Waals surface area contributed by atoms with Gasteiger partial charge in [0.15, 0.2) is 0 Å². The van der Waals surface area contributed by atoms with Crippen LogP contribution in [-0.4, -0.2) is 35.5 Å². The van der Waals surface area contributed by atoms with E-state index in [-0.39, 0.29) is 17.5 Å². The number of aliphatic hydroxyl groups is 1. The highest BCUT2D eigenvalue weighted by atomic mass is 32.2. The number of aromatic nitrogens is 1. The minimum Gasteiger partial charge on any atom is -0.390 e. The highest BCUT2D eigenvalue weighted by Crippen LogP contribution is 2.20. The molecule has 1 atom stereocenters. The Kier molecular flexibility index (Phi) is 4.35. The molecule has 1 aromatic rings. The zero-order chi connectivity index (χ0) is 13.2. The van der Waals surface area contributed by atoms with Crippen molar-refractivity contribution in [2.45, 2.75) is 37.8 Å². The molecular formula is C11H20N2O3S. The SMILES string of the molecule is CCC(C)N(C)S(=O)(=O)c1cc(CO)n(C)c1. The predicted molar refractivity (Wildman–Crippen MR) is 66.0 cm³/mol. The monoisotopic (exact) mass is 260 g/mol. The molecule has 0 aliphatic rings. The molecule has 98 valence electrons. The van der Waals surface area contributed by atoms with Gasteiger partial charge in [0, 0.05) is 32.0 Å². The van der Waals surface area contributed by atoms with Crippen molar-refractivity contribution in [2.24, 2.45) is 7.05 Å². The molecule has 0 aliphatic carbocycles. The van der Waals surface area contributed by atoms with E-state index in [9.17, 15) is 8.42 Å². The van der Waals surface area contributed by atoms with Crippen LogP contribution in [0.4, 0.5) is 0 Å². The smallest absolute Gasteiger partial charge is 0.244 e. The van der Waals surface area contributed by atoms with Crippen molar-refractivity contribution in [3.63, 3.8) is 0 Å². The first-order valence-electron chi connectivity index (χ1n) is 5.58. The lowest BCUT2D eigenvalue weighted by Gasteiger charge is -2.22. The summed E-state index contributed by atoms with van der Waals surface area (Å²) in [5.41, 5.74) is 0.584. The van der Waals surface area contributed by atoms with Crippen LogP contribution >= 0.6 is 0 Å². The summed E-state index contributed by atoms with van der Waals surface area (Å²) in [5.74, 6) is 0. The average Bonchev–Trinajstić information content (AvgIpc) is 2.69. The summed E-state index contributed by atoms with van der Waals surface area (Å²) >= 11 is 0. The number of hydrogen-bond acceptors (Lipinski definition) is 3. The third-order valence-corrected chi connectivity index (χ3v) is 5.07. The lowest BCUT2D eigenvalue weighted by Crippen LogP contribution is -2.34. The van der Waals surface area contributed by atoms with Crippen molar-refractivity contribution in [2.75, 3.05) is 7.05 Å². The van der Waals surface area contributed by atoms with Crippen LogP contribution in [0.1, 0.15) is 26.0 Å². The van der Waals surface area contributed by atoms with E-state index >= 15 is 0 Å². The van der Waals surface area contributed by atoms with Crippen molar-refractivity contribution < 1.29 is 13.5 Å². The maximum absolute atomic E-state index is 12.2. The van der Waals surface area contributed by atoms with Gasteiger partial charge in [0.2, 0.25) is 10.0 Å². The summed E-state index contributed by atoms with van der Waals surface area (Å²) in [5, 5.41) is 9.06. The van der Waals surface area contributed by atoms with E-state index in [1.54, 1.807) is 18.7 Å². The summed E-state index contributed by atoms with van der Waals surface area (Å²) in [6.07, 6.45) is 2.29. The molecule has 1 heterocycles. The van der Waals surface area contributed by atoms with E-state index in [2.05, 4.69) is 0 Å². The van der Waals surface area contributed by atoms with Gasteiger partial charge in [-0.3, -0.25) is 0 Å². The first-order valence-corrected chi connectivity index (χ1v) is 7.02. The van der Waals surface area contributed by atoms with E-state index in [1.807, 2.05) is 13.8 Å². The van der Waals surface area contributed by atoms with Gasteiger partial charge < -0.3 is 9.67 Å². The van der Waals surface area contributed by atoms with Gasteiger partial charge in [0.25, 0.3) is 0 Å². The van der Waals surface area contributed by atoms with Crippen LogP contribution in [0.2, 0.25) is 0 Å². The van der Waals surface area contributed by atoms with Crippen LogP contribution in [0.5, 0.6) is 0 Å². The fraction of sp³-hybridized carbons (Fsp3) is 0.636. The third kappa shape index (κ3) is 2.70. The molecule has 0 saturated heterocycles. The second-order valence-electron chi connectivity index (χ2n) is 4.21. The largest absolute Gasteiger partial charge is 0.390 e. The van der Waals surface area contributed by atoms with E-state index in [1.165, 1.54) is 16.6 Å². The number of nitrogens with zero attached hydrogens (tertiary/aromatic N) is 2. The minimum absolute atomic E-state index is 0.0437. The molecule has 0 bridgehead atoms. The van der Waals surface area contributed by atoms with E-state index < -0.39 is 10.0 Å². The normalized spacial score (nSPS) is 14.2. The Balaban J connectivity index is 3.13. The molecule has 0 radical (unpaired) electrons. The summed E-state index contributed by atoms with van der Waals surface area (Å²) in [6.45, 7) is 3.65. The van der Waals surface area contributed by atoms with Crippen LogP contribution in [-0.2, 0) is 23.7 Å². The molecule has 0 amide bonds. The Bertz CT molecular complexity index is 479. The number of sulfonamides is 1. The Labute approximate surface area is 103 Å². The lowest BCUT2D eigenvalue weighted by molar-refractivity contribution is 0.272. The molecule has 6 heteroatoms. The van der Waals surface area contributed by atoms with Gasteiger partial charge in [0.1, 0.15) is 4.90 Å². The van der Waals surface area contributed by atoms with Crippen LogP contribution in [0.25, 0.3) is 0 Å². The van der Waals surface area contributed by atoms with Gasteiger partial charge in [-0.15, -0.1) is 0 Å². The molecule has 0 saturated carbocycles. The average molecular weight is 260 g/mol. The Morgan fingerprint density at radius 1 is 1.53 bits per heavy atom. The van der Waals surface area contributed by atoms with Gasteiger partial charge in [-0.05, 0) is 19.4 Å². The van der Waals surface area contributed by atoms with Crippen LogP contribution in [0.15, 0.2) is 17.2 Å². The van der Waals surface area contributed by atoms with Gasteiger partial charge in [-0.1, -0.05) is 6.92 Å². The van der Waals surface area contributed by atoms with Crippen molar-refractivity contribution in [3.05, 3.63) is 18.0 Å². The third-order valence-electron chi connectivity index (χ3n) is 3.13. The van der Waals surface area contributed by atoms with Crippen LogP contribution < -0.4 is 0 Å². The standard InChI is InChI=1S/C11H20N2O3S/c1-5-9(2)13(4)17(15,16)11-6-10(8-14)12(3)7-11/h6-7,9,14H,5,8H2,1-4H3. The Morgan fingerprint density at radius 2 is 2.12 bits per heavy atom. The summed E-state index contributed by atoms with van der Waals surface area (Å²) < 4.78 is 27.5. The molecule has 1 rings (SSSR count). The second kappa shape index (κ2) is 5.20. The Morgan fingerprint density at radius 3 is 2.53 bits per heavy atom. The second-order valence-corrected chi connectivity index (χ2v) is 6.21. The molecule has 1 aromatic heterocycles. The number of aryl methyl sites for hydroxylation is 1. The van der Waals surface area contributed by atoms with Crippen molar-refractivity contribution in [3.8, 4) is 0 Å². The van der Waals surface area contributed by atoms with Crippen LogP contribution in [0.3, 0.4) is 0 Å². The fourth-order valence-electron chi connectivity index (χ4n) is 1.54. The van der Waals surface area contributed by atoms with Crippen molar-refractivity contribution in [1.29, 1.82) is 0 Å². The number of aliphatic hydroxyl groups excluding tert-OH is 1. The molecule has 0 aliphatic heterocycles. The van der Waals surface area contributed by atoms with Gasteiger partial charge in [-0.2, -0.15) is 4.31 Å². The summed E-state index contributed by atoms with van der Waals surface area (Å²) in [4.78, 5) is 0.229. The lowest BCUT2D eigenvalue weighted by atomic mass is 10.3. The highest BCUT2D eigenvalue weighted by molar-refractivity contribution is 7.89. The maximum atomic E-state index is 12.2. The van der Waals surface area contributed by atoms with Crippen LogP contribution in [0, 0.1) is 0 Å². The first kappa shape index (κ1) is 14.2. The maximum Gasteiger partial charge on any atom is 0.244 e. The molecule has 17 heavy (non-hydrogen) atoms. The summed E-state index contributed by atoms with van der Waals surface area (Å²) in [6, 6.07) is 1.46. The molecule has 0 fully saturated rings. The van der Waals surface area contributed by atoms with Crippen molar-refractivity contribution in [1.82, 2.24) is 8.87 Å². The Hall–Kier alpha value is -0.850. The van der Waals surface area contributed by atoms with Gasteiger partial charge in [-0.25, -0.2) is 8.42 Å². The zero-order valence-electron chi connectivity index (χ0n) is 10.7. The first-order chi connectivity index (χ1) is 7.84. The fourth-order valence-corrected chi connectivity index (χ4v) is 3.07. The van der Waals surface area contributed by atoms with E-state index in [0.29, 0.717) is 5.69 Å². The number of hydrogen-bond donors (Lipinski definition) is 1. The molecule has 0 aromatic carbocycles. The predicted octanol–water partition coefficient (Wildman–Crippen LogP) is 0.936. The zero-order valence-corrected chi connectivity index (χ0v) is 11.5. The number of rotatable bonds is 5. The van der Waals surface area contributed by atoms with E-state index in [4.69, 9.17) is 5.11 Å². The minimum atomic E-state index is -3.46. The molecule has 1 N–H and O–H groups in total. The molecule has 1 unspecified atom stereocenters. The quantitative estimate of drug-likeness (QED) is 0.857. The molecular weight excluding hydrogens is 240 g/mol. The molecule has 0 spiro atoms. The summed E-state index contributed by atoms with van der Waals surface area (Å²) in [7, 11) is -0.166. The van der Waals surface area contributed by atoms with Gasteiger partial charge in [0.05, 0.1) is 6.61 Å². The highest BCUT2D eigenvalue weighted by Gasteiger charge is 2.25. The van der Waals surface area contributed by atoms with Gasteiger partial charge >= 0.3 is 0 Å². The van der Waals surface area contributed by atoms with E-state index in [0.717, 1.165) is 6.42 Å². The molecule has 5 nitrogen and oxygen atoms in total. The van der Waals surface area contributed by atoms with Crippen molar-refractivity contribution >= 4 is 10.0 Å².